The number of nitrogens with zero attached hydrogens (tertiary/aromatic N) is 1. The number of carbonyl (C=O) groups excluding carboxylic acids is 1. The van der Waals surface area contributed by atoms with Gasteiger partial charge in [0.25, 0.3) is 0 Å². The van der Waals surface area contributed by atoms with Crippen molar-refractivity contribution in [3.8, 4) is 35.2 Å². The maximum absolute atomic E-state index is 11.1. The van der Waals surface area contributed by atoms with Gasteiger partial charge in [-0.3, -0.25) is 9.69 Å². The van der Waals surface area contributed by atoms with Crippen molar-refractivity contribution >= 4 is 104 Å². The maximum Gasteiger partial charge on any atom is 2.00 e. The SMILES string of the molecule is CC#C[C@@H](CC(=O)O)c1ccc(OCc2cccc(CC3CCc4sc(Br)cc4C3)c2)cc1.CC#C[C@@H](CC(=O)[O-])c1ccc(OCc2cccc(CN3CCc4sc(Br)cc4C3)c2)cc1.[Ca+2].[H-]. The first kappa shape index (κ1) is 52.5. The molecular formula is C55H53Br2CaNO6S2. The van der Waals surface area contributed by atoms with Gasteiger partial charge in [-0.25, -0.2) is 0 Å². The van der Waals surface area contributed by atoms with Crippen molar-refractivity contribution < 1.29 is 30.7 Å². The summed E-state index contributed by atoms with van der Waals surface area (Å²) in [6, 6.07) is 36.8. The Kier molecular flexibility index (Phi) is 20.5. The van der Waals surface area contributed by atoms with E-state index in [0.29, 0.717) is 19.1 Å². The van der Waals surface area contributed by atoms with E-state index in [1.807, 2.05) is 71.2 Å². The number of hydrogen-bond acceptors (Lipinski definition) is 8. The summed E-state index contributed by atoms with van der Waals surface area (Å²) < 4.78 is 14.4. The predicted molar refractivity (Wildman–Crippen MR) is 277 cm³/mol. The number of carbonyl (C=O) groups is 2. The Morgan fingerprint density at radius 1 is 0.746 bits per heavy atom. The fourth-order valence-corrected chi connectivity index (χ4v) is 12.1. The zero-order valence-corrected chi connectivity index (χ0v) is 44.8. The van der Waals surface area contributed by atoms with Crippen LogP contribution in [0.1, 0.15) is 101 Å². The third kappa shape index (κ3) is 16.1. The molecule has 0 fully saturated rings. The number of rotatable bonds is 16. The monoisotopic (exact) mass is 1090 g/mol. The summed E-state index contributed by atoms with van der Waals surface area (Å²) in [6.45, 7) is 7.41. The molecule has 4 aromatic carbocycles. The molecule has 0 radical (unpaired) electrons. The topological polar surface area (TPSA) is 99.1 Å². The Bertz CT molecular complexity index is 2550. The maximum atomic E-state index is 11.1. The number of halogens is 2. The standard InChI is InChI=1S/C28H27BrO3S.C27H26BrNO3S.Ca.H/c1-2-4-23(17-28(30)31)22-8-10-25(11-9-22)32-18-21-6-3-5-19(14-21)13-20-7-12-26-24(15-20)16-27(29)33-26;1-2-4-22(15-27(30)31)21-7-9-24(10-8-21)32-18-20-6-3-5-19(13-20)16-29-12-11-25-23(17-29)14-26(28)33-25;;/h3,5-6,8-11,14,16,20,23H,7,12-13,15,17-18H2,1H3,(H,30,31);3,5-10,13-14,22H,11-12,15-18H2,1H3,(H,30,31);;/q;;+2;-1/p-1/t20?,23-;22-;;/m00../s1. The Morgan fingerprint density at radius 2 is 1.27 bits per heavy atom. The first-order valence-corrected chi connectivity index (χ1v) is 25.4. The molecule has 1 aliphatic heterocycles. The molecule has 1 N–H and O–H groups in total. The van der Waals surface area contributed by atoms with Crippen LogP contribution >= 0.6 is 54.5 Å². The summed E-state index contributed by atoms with van der Waals surface area (Å²) in [4.78, 5) is 27.6. The summed E-state index contributed by atoms with van der Waals surface area (Å²) in [7, 11) is 0. The summed E-state index contributed by atoms with van der Waals surface area (Å²) in [5.41, 5.74) is 9.64. The second-order valence-electron chi connectivity index (χ2n) is 16.7. The van der Waals surface area contributed by atoms with Crippen molar-refractivity contribution in [1.82, 2.24) is 4.90 Å². The van der Waals surface area contributed by atoms with E-state index in [1.165, 1.54) is 47.5 Å². The first-order valence-electron chi connectivity index (χ1n) is 22.1. The van der Waals surface area contributed by atoms with Gasteiger partial charge in [-0.05, 0) is 165 Å². The van der Waals surface area contributed by atoms with Crippen molar-refractivity contribution in [2.24, 2.45) is 5.92 Å². The van der Waals surface area contributed by atoms with E-state index >= 15 is 0 Å². The van der Waals surface area contributed by atoms with Crippen LogP contribution < -0.4 is 14.6 Å². The van der Waals surface area contributed by atoms with E-state index in [2.05, 4.69) is 121 Å². The van der Waals surface area contributed by atoms with Gasteiger partial charge in [-0.1, -0.05) is 84.6 Å². The average Bonchev–Trinajstić information content (AvgIpc) is 3.87. The number of fused-ring (bicyclic) bond motifs is 2. The third-order valence-electron chi connectivity index (χ3n) is 11.7. The Balaban J connectivity index is 0.000000247. The van der Waals surface area contributed by atoms with E-state index < -0.39 is 11.9 Å². The molecule has 2 aliphatic rings. The molecule has 342 valence electrons. The van der Waals surface area contributed by atoms with Gasteiger partial charge in [0, 0.05) is 41.8 Å². The average molecular weight is 1090 g/mol. The zero-order valence-electron chi connectivity index (χ0n) is 38.8. The fraction of sp³-hybridized carbons (Fsp3) is 0.309. The van der Waals surface area contributed by atoms with Gasteiger partial charge >= 0.3 is 43.7 Å². The smallest absolute Gasteiger partial charge is 1.00 e. The van der Waals surface area contributed by atoms with Gasteiger partial charge in [0.1, 0.15) is 24.7 Å². The van der Waals surface area contributed by atoms with Crippen LogP contribution in [0.5, 0.6) is 11.5 Å². The van der Waals surface area contributed by atoms with Crippen molar-refractivity contribution in [2.45, 2.75) is 96.9 Å². The molecule has 7 nitrogen and oxygen atoms in total. The third-order valence-corrected chi connectivity index (χ3v) is 15.2. The number of hydrogen-bond donors (Lipinski definition) is 1. The molecule has 67 heavy (non-hydrogen) atoms. The minimum Gasteiger partial charge on any atom is -1.00 e. The van der Waals surface area contributed by atoms with Gasteiger partial charge in [0.15, 0.2) is 0 Å². The molecular weight excluding hydrogens is 1030 g/mol. The van der Waals surface area contributed by atoms with Crippen molar-refractivity contribution in [3.05, 3.63) is 171 Å². The fourth-order valence-electron chi connectivity index (χ4n) is 8.60. The Morgan fingerprint density at radius 3 is 1.84 bits per heavy atom. The summed E-state index contributed by atoms with van der Waals surface area (Å²) >= 11 is 11.0. The number of carboxylic acid groups (broad SMARTS) is 2. The molecule has 2 aromatic heterocycles. The van der Waals surface area contributed by atoms with Crippen LogP contribution in [0, 0.1) is 29.6 Å². The molecule has 0 amide bonds. The number of aryl methyl sites for hydroxylation is 1. The van der Waals surface area contributed by atoms with Crippen LogP contribution in [0.25, 0.3) is 0 Å². The first-order chi connectivity index (χ1) is 32.0. The van der Waals surface area contributed by atoms with Crippen LogP contribution in [0.2, 0.25) is 0 Å². The quantitative estimate of drug-likeness (QED) is 0.0761. The Hall–Kier alpha value is -3.88. The minimum atomic E-state index is -1.10. The summed E-state index contributed by atoms with van der Waals surface area (Å²) in [5.74, 6) is 11.1. The van der Waals surface area contributed by atoms with Crippen LogP contribution in [0.15, 0.2) is 117 Å². The molecule has 8 rings (SSSR count). The van der Waals surface area contributed by atoms with E-state index in [4.69, 9.17) is 14.6 Å². The van der Waals surface area contributed by atoms with Gasteiger partial charge in [-0.15, -0.1) is 34.5 Å². The van der Waals surface area contributed by atoms with E-state index in [-0.39, 0.29) is 63.8 Å². The molecule has 0 bridgehead atoms. The normalized spacial score (nSPS) is 14.7. The Labute approximate surface area is 451 Å². The molecule has 0 saturated carbocycles. The number of carboxylic acids is 2. The number of thiophene rings is 2. The summed E-state index contributed by atoms with van der Waals surface area (Å²) in [5, 5.41) is 20.1. The molecule has 1 unspecified atom stereocenters. The van der Waals surface area contributed by atoms with E-state index in [9.17, 15) is 14.7 Å². The predicted octanol–water partition coefficient (Wildman–Crippen LogP) is 11.6. The molecule has 3 atom stereocenters. The van der Waals surface area contributed by atoms with Crippen molar-refractivity contribution in [1.29, 1.82) is 0 Å². The van der Waals surface area contributed by atoms with Crippen LogP contribution in [-0.4, -0.2) is 66.2 Å². The van der Waals surface area contributed by atoms with Crippen LogP contribution in [-0.2, 0) is 61.6 Å². The largest absolute Gasteiger partial charge is 2.00 e. The van der Waals surface area contributed by atoms with Gasteiger partial charge in [-0.2, -0.15) is 0 Å². The molecule has 12 heteroatoms. The number of ether oxygens (including phenoxy) is 2. The van der Waals surface area contributed by atoms with E-state index in [1.54, 1.807) is 18.7 Å². The van der Waals surface area contributed by atoms with Crippen LogP contribution in [0.4, 0.5) is 0 Å². The van der Waals surface area contributed by atoms with Crippen LogP contribution in [0.3, 0.4) is 0 Å². The minimum absolute atomic E-state index is 0. The van der Waals surface area contributed by atoms with Gasteiger partial charge < -0.3 is 25.9 Å². The van der Waals surface area contributed by atoms with Gasteiger partial charge in [0.2, 0.25) is 0 Å². The molecule has 1 aliphatic carbocycles. The zero-order chi connectivity index (χ0) is 46.4. The molecule has 3 heterocycles. The van der Waals surface area contributed by atoms with E-state index in [0.717, 1.165) is 72.6 Å². The summed E-state index contributed by atoms with van der Waals surface area (Å²) in [6.07, 6.45) is 5.69. The second kappa shape index (κ2) is 26.2. The van der Waals surface area contributed by atoms with Crippen molar-refractivity contribution in [2.75, 3.05) is 6.54 Å². The number of benzene rings is 4. The molecule has 0 saturated heterocycles. The second-order valence-corrected chi connectivity index (χ2v) is 21.7. The molecule has 0 spiro atoms. The van der Waals surface area contributed by atoms with Gasteiger partial charge in [0.05, 0.1) is 25.8 Å². The number of aliphatic carboxylic acids is 2. The molecule has 6 aromatic rings. The van der Waals surface area contributed by atoms with Crippen molar-refractivity contribution in [3.63, 3.8) is 0 Å².